The molecule has 0 bridgehead atoms. The molecule has 1 atom stereocenters. The van der Waals surface area contributed by atoms with Crippen LogP contribution in [-0.4, -0.2) is 24.1 Å². The summed E-state index contributed by atoms with van der Waals surface area (Å²) in [5.74, 6) is 0. The first-order valence-electron chi connectivity index (χ1n) is 5.50. The summed E-state index contributed by atoms with van der Waals surface area (Å²) in [5, 5.41) is 7.09. The molecule has 0 amide bonds. The first kappa shape index (κ1) is 11.0. The quantitative estimate of drug-likeness (QED) is 0.821. The fraction of sp³-hybridized carbons (Fsp3) is 0.727. The molecular weight excluding hydrogens is 206 g/mol. The minimum absolute atomic E-state index is 0.350. The number of rotatable bonds is 3. The van der Waals surface area contributed by atoms with Crippen molar-refractivity contribution in [2.45, 2.75) is 32.9 Å². The van der Waals surface area contributed by atoms with Crippen LogP contribution in [0.5, 0.6) is 0 Å². The van der Waals surface area contributed by atoms with Crippen molar-refractivity contribution in [3.05, 3.63) is 16.6 Å². The van der Waals surface area contributed by atoms with Crippen LogP contribution in [0.4, 0.5) is 0 Å². The maximum Gasteiger partial charge on any atom is 0.0794 e. The number of aromatic nitrogens is 1. The van der Waals surface area contributed by atoms with E-state index in [1.165, 1.54) is 11.3 Å². The standard InChI is InChI=1S/C11H19N3S/c1-11(2)7-12-4-3-10(11)14-6-9-5-13-8-15-9/h5,8,10,12,14H,3-4,6-7H2,1-2H3. The van der Waals surface area contributed by atoms with Gasteiger partial charge in [0.2, 0.25) is 0 Å². The highest BCUT2D eigenvalue weighted by atomic mass is 32.1. The van der Waals surface area contributed by atoms with Gasteiger partial charge in [0.1, 0.15) is 0 Å². The molecule has 2 rings (SSSR count). The Morgan fingerprint density at radius 2 is 2.53 bits per heavy atom. The monoisotopic (exact) mass is 225 g/mol. The molecule has 84 valence electrons. The van der Waals surface area contributed by atoms with Crippen LogP contribution in [-0.2, 0) is 6.54 Å². The van der Waals surface area contributed by atoms with Crippen LogP contribution in [0.25, 0.3) is 0 Å². The van der Waals surface area contributed by atoms with E-state index < -0.39 is 0 Å². The van der Waals surface area contributed by atoms with Gasteiger partial charge in [0, 0.05) is 30.2 Å². The largest absolute Gasteiger partial charge is 0.316 e. The molecule has 1 aromatic heterocycles. The van der Waals surface area contributed by atoms with Gasteiger partial charge in [-0.15, -0.1) is 11.3 Å². The molecule has 1 fully saturated rings. The zero-order valence-corrected chi connectivity index (χ0v) is 10.2. The zero-order chi connectivity index (χ0) is 10.7. The fourth-order valence-electron chi connectivity index (χ4n) is 2.10. The SMILES string of the molecule is CC1(C)CNCCC1NCc1cncs1. The predicted octanol–water partition coefficient (Wildman–Crippen LogP) is 1.62. The Morgan fingerprint density at radius 3 is 3.20 bits per heavy atom. The molecule has 1 aliphatic heterocycles. The van der Waals surface area contributed by atoms with E-state index in [-0.39, 0.29) is 0 Å². The third kappa shape index (κ3) is 2.77. The maximum atomic E-state index is 4.09. The van der Waals surface area contributed by atoms with Crippen LogP contribution >= 0.6 is 11.3 Å². The predicted molar refractivity (Wildman–Crippen MR) is 64.0 cm³/mol. The number of thiazole rings is 1. The molecule has 4 heteroatoms. The van der Waals surface area contributed by atoms with Crippen LogP contribution in [0, 0.1) is 5.41 Å². The van der Waals surface area contributed by atoms with Crippen molar-refractivity contribution in [2.75, 3.05) is 13.1 Å². The summed E-state index contributed by atoms with van der Waals surface area (Å²) in [6, 6.07) is 0.612. The smallest absolute Gasteiger partial charge is 0.0794 e. The van der Waals surface area contributed by atoms with E-state index in [0.29, 0.717) is 11.5 Å². The minimum atomic E-state index is 0.350. The average molecular weight is 225 g/mol. The van der Waals surface area contributed by atoms with E-state index in [0.717, 1.165) is 19.6 Å². The van der Waals surface area contributed by atoms with Gasteiger partial charge < -0.3 is 10.6 Å². The summed E-state index contributed by atoms with van der Waals surface area (Å²) < 4.78 is 0. The molecule has 1 saturated heterocycles. The van der Waals surface area contributed by atoms with Gasteiger partial charge in [0.05, 0.1) is 5.51 Å². The summed E-state index contributed by atoms with van der Waals surface area (Å²) in [5.41, 5.74) is 2.24. The third-order valence-electron chi connectivity index (χ3n) is 3.14. The summed E-state index contributed by atoms with van der Waals surface area (Å²) >= 11 is 1.72. The van der Waals surface area contributed by atoms with E-state index >= 15 is 0 Å². The van der Waals surface area contributed by atoms with Gasteiger partial charge in [-0.1, -0.05) is 13.8 Å². The zero-order valence-electron chi connectivity index (χ0n) is 9.42. The molecule has 2 N–H and O–H groups in total. The fourth-order valence-corrected chi connectivity index (χ4v) is 2.65. The topological polar surface area (TPSA) is 37.0 Å². The Balaban J connectivity index is 1.88. The highest BCUT2D eigenvalue weighted by Crippen LogP contribution is 2.25. The Kier molecular flexibility index (Phi) is 3.38. The van der Waals surface area contributed by atoms with Crippen LogP contribution in [0.1, 0.15) is 25.1 Å². The normalized spacial score (nSPS) is 25.3. The van der Waals surface area contributed by atoms with Crippen molar-refractivity contribution >= 4 is 11.3 Å². The van der Waals surface area contributed by atoms with Crippen LogP contribution < -0.4 is 10.6 Å². The third-order valence-corrected chi connectivity index (χ3v) is 3.92. The van der Waals surface area contributed by atoms with E-state index in [1.54, 1.807) is 11.3 Å². The lowest BCUT2D eigenvalue weighted by Crippen LogP contribution is -2.52. The molecule has 15 heavy (non-hydrogen) atoms. The summed E-state index contributed by atoms with van der Waals surface area (Å²) in [6.07, 6.45) is 3.16. The van der Waals surface area contributed by atoms with E-state index in [4.69, 9.17) is 0 Å². The van der Waals surface area contributed by atoms with Gasteiger partial charge in [0.15, 0.2) is 0 Å². The molecule has 0 saturated carbocycles. The average Bonchev–Trinajstić information content (AvgIpc) is 2.68. The van der Waals surface area contributed by atoms with Crippen molar-refractivity contribution in [1.29, 1.82) is 0 Å². The molecule has 3 nitrogen and oxygen atoms in total. The number of nitrogens with zero attached hydrogens (tertiary/aromatic N) is 1. The Bertz CT molecular complexity index is 295. The molecule has 0 radical (unpaired) electrons. The number of piperidine rings is 1. The van der Waals surface area contributed by atoms with Crippen LogP contribution in [0.3, 0.4) is 0 Å². The van der Waals surface area contributed by atoms with Gasteiger partial charge in [0.25, 0.3) is 0 Å². The first-order chi connectivity index (χ1) is 7.18. The highest BCUT2D eigenvalue weighted by Gasteiger charge is 2.31. The number of hydrogen-bond donors (Lipinski definition) is 2. The summed E-state index contributed by atoms with van der Waals surface area (Å²) in [7, 11) is 0. The number of nitrogens with one attached hydrogen (secondary N) is 2. The van der Waals surface area contributed by atoms with Gasteiger partial charge in [-0.05, 0) is 18.4 Å². The van der Waals surface area contributed by atoms with Crippen LogP contribution in [0.2, 0.25) is 0 Å². The van der Waals surface area contributed by atoms with Crippen molar-refractivity contribution in [2.24, 2.45) is 5.41 Å². The lowest BCUT2D eigenvalue weighted by molar-refractivity contribution is 0.184. The minimum Gasteiger partial charge on any atom is -0.316 e. The molecule has 0 aliphatic carbocycles. The van der Waals surface area contributed by atoms with Crippen molar-refractivity contribution < 1.29 is 0 Å². The van der Waals surface area contributed by atoms with E-state index in [1.807, 2.05) is 11.7 Å². The second-order valence-corrected chi connectivity index (χ2v) is 5.83. The van der Waals surface area contributed by atoms with Crippen molar-refractivity contribution in [3.63, 3.8) is 0 Å². The highest BCUT2D eigenvalue weighted by molar-refractivity contribution is 7.09. The Morgan fingerprint density at radius 1 is 1.67 bits per heavy atom. The number of hydrogen-bond acceptors (Lipinski definition) is 4. The van der Waals surface area contributed by atoms with Gasteiger partial charge in [-0.3, -0.25) is 4.98 Å². The lowest BCUT2D eigenvalue weighted by Gasteiger charge is -2.39. The molecule has 0 spiro atoms. The second-order valence-electron chi connectivity index (χ2n) is 4.86. The lowest BCUT2D eigenvalue weighted by atomic mass is 9.80. The molecule has 1 aliphatic rings. The van der Waals surface area contributed by atoms with Crippen molar-refractivity contribution in [1.82, 2.24) is 15.6 Å². The molecular formula is C11H19N3S. The van der Waals surface area contributed by atoms with Gasteiger partial charge in [-0.25, -0.2) is 0 Å². The van der Waals surface area contributed by atoms with Crippen LogP contribution in [0.15, 0.2) is 11.7 Å². The molecule has 0 aromatic carbocycles. The van der Waals surface area contributed by atoms with E-state index in [2.05, 4.69) is 29.5 Å². The molecule has 2 heterocycles. The second kappa shape index (κ2) is 4.60. The Labute approximate surface area is 95.3 Å². The summed E-state index contributed by atoms with van der Waals surface area (Å²) in [6.45, 7) is 7.84. The maximum absolute atomic E-state index is 4.09. The van der Waals surface area contributed by atoms with Crippen molar-refractivity contribution in [3.8, 4) is 0 Å². The van der Waals surface area contributed by atoms with E-state index in [9.17, 15) is 0 Å². The van der Waals surface area contributed by atoms with Gasteiger partial charge in [-0.2, -0.15) is 0 Å². The molecule has 1 unspecified atom stereocenters. The Hall–Kier alpha value is -0.450. The van der Waals surface area contributed by atoms with Gasteiger partial charge >= 0.3 is 0 Å². The summed E-state index contributed by atoms with van der Waals surface area (Å²) in [4.78, 5) is 5.41. The molecule has 1 aromatic rings. The first-order valence-corrected chi connectivity index (χ1v) is 6.38.